The molecule has 2 aliphatic carbocycles. The molecule has 3 aliphatic rings. The Hall–Kier alpha value is -3.20. The lowest BCUT2D eigenvalue weighted by Gasteiger charge is -2.35. The van der Waals surface area contributed by atoms with Gasteiger partial charge in [0.15, 0.2) is 0 Å². The number of imide groups is 2. The molecule has 9 heteroatoms. The van der Waals surface area contributed by atoms with E-state index in [1.54, 1.807) is 24.3 Å². The fourth-order valence-electron chi connectivity index (χ4n) is 4.93. The molecule has 4 amide bonds. The number of hydrogen-bond acceptors (Lipinski definition) is 6. The van der Waals surface area contributed by atoms with Crippen LogP contribution in [0, 0.1) is 11.8 Å². The maximum absolute atomic E-state index is 13.3. The van der Waals surface area contributed by atoms with Crippen molar-refractivity contribution in [3.05, 3.63) is 58.0 Å². The van der Waals surface area contributed by atoms with Gasteiger partial charge in [0.25, 0.3) is 11.8 Å². The second-order valence-electron chi connectivity index (χ2n) is 8.28. The normalized spacial score (nSPS) is 26.0. The van der Waals surface area contributed by atoms with Crippen molar-refractivity contribution in [2.75, 3.05) is 0 Å². The van der Waals surface area contributed by atoms with Crippen molar-refractivity contribution in [2.45, 2.75) is 31.7 Å². The van der Waals surface area contributed by atoms with Gasteiger partial charge < -0.3 is 9.15 Å². The van der Waals surface area contributed by atoms with Crippen LogP contribution in [-0.2, 0) is 9.59 Å². The molecule has 8 nitrogen and oxygen atoms in total. The van der Waals surface area contributed by atoms with Gasteiger partial charge in [-0.15, -0.1) is 0 Å². The summed E-state index contributed by atoms with van der Waals surface area (Å²) in [6.45, 7) is 0. The highest BCUT2D eigenvalue weighted by Crippen LogP contribution is 2.47. The van der Waals surface area contributed by atoms with E-state index in [0.29, 0.717) is 16.0 Å². The summed E-state index contributed by atoms with van der Waals surface area (Å²) in [5.41, 5.74) is 0.154. The molecule has 0 spiro atoms. The zero-order valence-electron chi connectivity index (χ0n) is 16.9. The Morgan fingerprint density at radius 3 is 2.72 bits per heavy atom. The molecular formula is C23H19BrN2O6. The predicted octanol–water partition coefficient (Wildman–Crippen LogP) is 3.91. The average molecular weight is 499 g/mol. The molecule has 0 radical (unpaired) electrons. The van der Waals surface area contributed by atoms with Gasteiger partial charge in [0, 0.05) is 16.1 Å². The van der Waals surface area contributed by atoms with Crippen LogP contribution in [0.2, 0.25) is 0 Å². The van der Waals surface area contributed by atoms with Crippen molar-refractivity contribution in [1.82, 2.24) is 10.2 Å². The summed E-state index contributed by atoms with van der Waals surface area (Å²) in [5.74, 6) is -1.15. The first-order valence-corrected chi connectivity index (χ1v) is 11.2. The molecule has 2 heterocycles. The third kappa shape index (κ3) is 3.66. The summed E-state index contributed by atoms with van der Waals surface area (Å²) >= 11 is 3.36. The predicted molar refractivity (Wildman–Crippen MR) is 115 cm³/mol. The Morgan fingerprint density at radius 2 is 2.03 bits per heavy atom. The van der Waals surface area contributed by atoms with E-state index in [0.717, 1.165) is 25.7 Å². The Labute approximate surface area is 191 Å². The number of fused-ring (bicyclic) bond motifs is 2. The number of carbonyl (C=O) groups is 4. The lowest BCUT2D eigenvalue weighted by atomic mass is 9.93. The van der Waals surface area contributed by atoms with E-state index in [4.69, 9.17) is 9.15 Å². The van der Waals surface area contributed by atoms with Gasteiger partial charge in [-0.2, -0.15) is 0 Å². The molecule has 0 unspecified atom stereocenters. The van der Waals surface area contributed by atoms with Crippen molar-refractivity contribution in [3.63, 3.8) is 0 Å². The van der Waals surface area contributed by atoms with E-state index in [1.807, 2.05) is 0 Å². The summed E-state index contributed by atoms with van der Waals surface area (Å²) in [7, 11) is 0. The Bertz CT molecular complexity index is 1160. The first-order chi connectivity index (χ1) is 15.4. The lowest BCUT2D eigenvalue weighted by Crippen LogP contribution is -2.58. The van der Waals surface area contributed by atoms with Crippen molar-refractivity contribution in [3.8, 4) is 5.75 Å². The number of amides is 4. The van der Waals surface area contributed by atoms with Gasteiger partial charge in [-0.1, -0.05) is 22.4 Å². The molecule has 2 bridgehead atoms. The smallest absolute Gasteiger partial charge is 0.379 e. The number of ether oxygens (including phenoxy) is 1. The van der Waals surface area contributed by atoms with Crippen molar-refractivity contribution >= 4 is 45.8 Å². The average Bonchev–Trinajstić information content (AvgIpc) is 3.51. The Kier molecular flexibility index (Phi) is 5.21. The minimum atomic E-state index is -0.775. The number of nitrogens with zero attached hydrogens (tertiary/aromatic N) is 1. The lowest BCUT2D eigenvalue weighted by molar-refractivity contribution is -0.132. The number of urea groups is 1. The van der Waals surface area contributed by atoms with E-state index >= 15 is 0 Å². The zero-order chi connectivity index (χ0) is 22.4. The van der Waals surface area contributed by atoms with E-state index < -0.39 is 23.8 Å². The van der Waals surface area contributed by atoms with Crippen molar-refractivity contribution in [2.24, 2.45) is 11.8 Å². The van der Waals surface area contributed by atoms with E-state index in [1.165, 1.54) is 23.3 Å². The van der Waals surface area contributed by atoms with Crippen LogP contribution in [0.15, 0.2) is 51.1 Å². The van der Waals surface area contributed by atoms with Gasteiger partial charge in [0.1, 0.15) is 11.3 Å². The minimum Gasteiger partial charge on any atom is -0.457 e. The SMILES string of the molecule is O=C1NC(=O)N([C@@H]2C[C@H]3CC[C@H]2C3)C(=O)/C1=C\c1cc(Br)ccc1OC(=O)c1ccco1. The van der Waals surface area contributed by atoms with Gasteiger partial charge in [-0.3, -0.25) is 19.8 Å². The number of halogens is 1. The highest BCUT2D eigenvalue weighted by atomic mass is 79.9. The highest BCUT2D eigenvalue weighted by Gasteiger charge is 2.49. The summed E-state index contributed by atoms with van der Waals surface area (Å²) in [4.78, 5) is 51.9. The Balaban J connectivity index is 1.47. The molecule has 1 aliphatic heterocycles. The van der Waals surface area contributed by atoms with Gasteiger partial charge in [-0.25, -0.2) is 9.59 Å². The number of benzene rings is 1. The molecule has 1 aromatic heterocycles. The number of barbiturate groups is 1. The molecule has 1 N–H and O–H groups in total. The third-order valence-corrected chi connectivity index (χ3v) is 6.86. The Morgan fingerprint density at radius 1 is 1.19 bits per heavy atom. The van der Waals surface area contributed by atoms with Crippen LogP contribution >= 0.6 is 15.9 Å². The van der Waals surface area contributed by atoms with Crippen LogP contribution < -0.4 is 10.1 Å². The van der Waals surface area contributed by atoms with Crippen LogP contribution in [-0.4, -0.2) is 34.8 Å². The molecule has 3 fully saturated rings. The molecule has 1 saturated heterocycles. The number of rotatable bonds is 4. The standard InChI is InChI=1S/C23H19BrN2O6/c24-15-5-6-18(32-22(29)19-2-1-7-31-19)14(10-15)11-16-20(27)25-23(30)26(21(16)28)17-9-12-3-4-13(17)8-12/h1-2,5-7,10-13,17H,3-4,8-9H2,(H,25,27,30)/b16-11-/t12-,13-,17+/m0/s1. The highest BCUT2D eigenvalue weighted by molar-refractivity contribution is 9.10. The molecular weight excluding hydrogens is 480 g/mol. The maximum atomic E-state index is 13.3. The van der Waals surface area contributed by atoms with Crippen LogP contribution in [0.3, 0.4) is 0 Å². The first kappa shape index (κ1) is 20.7. The molecule has 1 aromatic carbocycles. The fraction of sp³-hybridized carbons (Fsp3) is 0.304. The first-order valence-electron chi connectivity index (χ1n) is 10.4. The number of hydrogen-bond donors (Lipinski definition) is 1. The van der Waals surface area contributed by atoms with Gasteiger partial charge in [0.05, 0.1) is 6.26 Å². The van der Waals surface area contributed by atoms with E-state index in [9.17, 15) is 19.2 Å². The number of esters is 1. The van der Waals surface area contributed by atoms with Crippen molar-refractivity contribution < 1.29 is 28.3 Å². The molecule has 2 saturated carbocycles. The quantitative estimate of drug-likeness (QED) is 0.296. The zero-order valence-corrected chi connectivity index (χ0v) is 18.5. The monoisotopic (exact) mass is 498 g/mol. The van der Waals surface area contributed by atoms with Crippen LogP contribution in [0.1, 0.15) is 41.8 Å². The largest absolute Gasteiger partial charge is 0.457 e. The maximum Gasteiger partial charge on any atom is 0.379 e. The van der Waals surface area contributed by atoms with Crippen LogP contribution in [0.4, 0.5) is 4.79 Å². The molecule has 2 aromatic rings. The molecule has 32 heavy (non-hydrogen) atoms. The van der Waals surface area contributed by atoms with Gasteiger partial charge in [0.2, 0.25) is 5.76 Å². The minimum absolute atomic E-state index is 0.0195. The van der Waals surface area contributed by atoms with E-state index in [-0.39, 0.29) is 29.0 Å². The van der Waals surface area contributed by atoms with E-state index in [2.05, 4.69) is 21.2 Å². The summed E-state index contributed by atoms with van der Waals surface area (Å²) in [6.07, 6.45) is 6.58. The summed E-state index contributed by atoms with van der Waals surface area (Å²) in [5, 5.41) is 2.29. The van der Waals surface area contributed by atoms with Gasteiger partial charge in [-0.05, 0) is 67.5 Å². The number of carbonyl (C=O) groups excluding carboxylic acids is 4. The summed E-state index contributed by atoms with van der Waals surface area (Å²) < 4.78 is 11.1. The van der Waals surface area contributed by atoms with Crippen molar-refractivity contribution in [1.29, 1.82) is 0 Å². The third-order valence-electron chi connectivity index (χ3n) is 6.36. The van der Waals surface area contributed by atoms with Crippen LogP contribution in [0.25, 0.3) is 6.08 Å². The second kappa shape index (κ2) is 8.05. The fourth-order valence-corrected chi connectivity index (χ4v) is 5.30. The van der Waals surface area contributed by atoms with Crippen LogP contribution in [0.5, 0.6) is 5.75 Å². The second-order valence-corrected chi connectivity index (χ2v) is 9.20. The topological polar surface area (TPSA) is 106 Å². The molecule has 3 atom stereocenters. The van der Waals surface area contributed by atoms with Gasteiger partial charge >= 0.3 is 12.0 Å². The molecule has 5 rings (SSSR count). The number of nitrogens with one attached hydrogen (secondary N) is 1. The molecule has 164 valence electrons. The summed E-state index contributed by atoms with van der Waals surface area (Å²) in [6, 6.07) is 6.99. The number of furan rings is 1.